The summed E-state index contributed by atoms with van der Waals surface area (Å²) in [4.78, 5) is -0.300. The van der Waals surface area contributed by atoms with Crippen LogP contribution in [-0.4, -0.2) is 21.4 Å². The van der Waals surface area contributed by atoms with Crippen LogP contribution in [-0.2, 0) is 20.0 Å². The van der Waals surface area contributed by atoms with Gasteiger partial charge in [-0.25, -0.2) is 8.42 Å². The number of hydrogen-bond donors (Lipinski definition) is 1. The largest absolute Gasteiger partial charge is 0.457 e. The van der Waals surface area contributed by atoms with Crippen molar-refractivity contribution in [2.45, 2.75) is 14.7 Å². The fraction of sp³-hybridized carbons (Fsp3) is 0. The van der Waals surface area contributed by atoms with Crippen molar-refractivity contribution in [3.63, 3.8) is 0 Å². The zero-order valence-electron chi connectivity index (χ0n) is 16.1. The van der Waals surface area contributed by atoms with Crippen molar-refractivity contribution in [3.05, 3.63) is 88.9 Å². The molecule has 0 fully saturated rings. The Labute approximate surface area is 194 Å². The molecule has 4 rings (SSSR count). The molecule has 0 aliphatic heterocycles. The number of rotatable bonds is 5. The Hall–Kier alpha value is -2.62. The van der Waals surface area contributed by atoms with Gasteiger partial charge in [-0.3, -0.25) is 4.55 Å². The van der Waals surface area contributed by atoms with Gasteiger partial charge in [-0.2, -0.15) is 8.42 Å². The highest BCUT2D eigenvalue weighted by molar-refractivity contribution is 7.91. The molecule has 0 bridgehead atoms. The zero-order valence-corrected chi connectivity index (χ0v) is 19.2. The third-order valence-electron chi connectivity index (χ3n) is 4.63. The maximum atomic E-state index is 12.9. The lowest BCUT2D eigenvalue weighted by atomic mass is 10.1. The SMILES string of the molecule is O=S(=O)(O)c1ccc2ccc(Oc3ccc(S(=O)(=O)c4cc(Cl)ccc4Cl)cc3)cc2c1. The molecule has 10 heteroatoms. The summed E-state index contributed by atoms with van der Waals surface area (Å²) in [6, 6.07) is 19.2. The Morgan fingerprint density at radius 2 is 1.28 bits per heavy atom. The quantitative estimate of drug-likeness (QED) is 0.331. The molecular weight excluding hydrogens is 495 g/mol. The van der Waals surface area contributed by atoms with E-state index in [1.54, 1.807) is 24.3 Å². The van der Waals surface area contributed by atoms with Gasteiger partial charge in [-0.15, -0.1) is 0 Å². The summed E-state index contributed by atoms with van der Waals surface area (Å²) in [7, 11) is -8.21. The van der Waals surface area contributed by atoms with Crippen LogP contribution >= 0.6 is 23.2 Å². The van der Waals surface area contributed by atoms with Crippen molar-refractivity contribution in [1.29, 1.82) is 0 Å². The van der Waals surface area contributed by atoms with Gasteiger partial charge in [0.25, 0.3) is 10.1 Å². The summed E-state index contributed by atoms with van der Waals surface area (Å²) in [5.74, 6) is 0.768. The average molecular weight is 509 g/mol. The lowest BCUT2D eigenvalue weighted by Gasteiger charge is -2.10. The van der Waals surface area contributed by atoms with Gasteiger partial charge >= 0.3 is 0 Å². The van der Waals surface area contributed by atoms with Crippen LogP contribution in [0.15, 0.2) is 93.5 Å². The Balaban J connectivity index is 1.62. The van der Waals surface area contributed by atoms with Crippen LogP contribution in [0.1, 0.15) is 0 Å². The van der Waals surface area contributed by atoms with Crippen LogP contribution in [0.5, 0.6) is 11.5 Å². The maximum Gasteiger partial charge on any atom is 0.294 e. The van der Waals surface area contributed by atoms with E-state index in [9.17, 15) is 21.4 Å². The highest BCUT2D eigenvalue weighted by Gasteiger charge is 2.21. The molecule has 0 saturated heterocycles. The second kappa shape index (κ2) is 8.38. The van der Waals surface area contributed by atoms with Crippen molar-refractivity contribution < 1.29 is 26.1 Å². The minimum atomic E-state index is -4.33. The van der Waals surface area contributed by atoms with E-state index in [2.05, 4.69) is 0 Å². The minimum Gasteiger partial charge on any atom is -0.457 e. The first-order valence-electron chi connectivity index (χ1n) is 9.03. The van der Waals surface area contributed by atoms with Gasteiger partial charge in [0.05, 0.1) is 19.7 Å². The van der Waals surface area contributed by atoms with Crippen molar-refractivity contribution in [3.8, 4) is 11.5 Å². The first kappa shape index (κ1) is 22.6. The average Bonchev–Trinajstić information content (AvgIpc) is 2.74. The Morgan fingerprint density at radius 3 is 1.97 bits per heavy atom. The Morgan fingerprint density at radius 1 is 0.656 bits per heavy atom. The number of fused-ring (bicyclic) bond motifs is 1. The summed E-state index contributed by atoms with van der Waals surface area (Å²) in [6.07, 6.45) is 0. The van der Waals surface area contributed by atoms with Crippen LogP contribution < -0.4 is 4.74 Å². The summed E-state index contributed by atoms with van der Waals surface area (Å²) in [5.41, 5.74) is 0. The summed E-state index contributed by atoms with van der Waals surface area (Å²) >= 11 is 12.0. The molecule has 0 aliphatic carbocycles. The predicted octanol–water partition coefficient (Wildman–Crippen LogP) is 6.02. The Bertz CT molecular complexity index is 1550. The molecule has 0 radical (unpaired) electrons. The van der Waals surface area contributed by atoms with E-state index in [-0.39, 0.29) is 24.7 Å². The van der Waals surface area contributed by atoms with E-state index in [0.29, 0.717) is 16.9 Å². The van der Waals surface area contributed by atoms with Gasteiger partial charge in [0.1, 0.15) is 11.5 Å². The van der Waals surface area contributed by atoms with E-state index < -0.39 is 20.0 Å². The maximum absolute atomic E-state index is 12.9. The van der Waals surface area contributed by atoms with E-state index in [1.807, 2.05) is 0 Å². The summed E-state index contributed by atoms with van der Waals surface area (Å²) in [6.45, 7) is 0. The standard InChI is InChI=1S/C22H14Cl2O6S2/c23-16-3-10-21(24)22(13-16)31(25,26)19-8-5-17(6-9-19)30-18-4-1-14-2-7-20(32(27,28)29)12-15(14)11-18/h1-13H,(H,27,28,29). The van der Waals surface area contributed by atoms with Gasteiger partial charge in [0.2, 0.25) is 9.84 Å². The molecule has 4 aromatic rings. The fourth-order valence-corrected chi connectivity index (χ4v) is 5.59. The van der Waals surface area contributed by atoms with Gasteiger partial charge < -0.3 is 4.74 Å². The third-order valence-corrected chi connectivity index (χ3v) is 7.97. The molecule has 0 amide bonds. The van der Waals surface area contributed by atoms with Crippen LogP contribution in [0.3, 0.4) is 0 Å². The van der Waals surface area contributed by atoms with Crippen LogP contribution in [0.25, 0.3) is 10.8 Å². The second-order valence-electron chi connectivity index (χ2n) is 6.80. The van der Waals surface area contributed by atoms with E-state index >= 15 is 0 Å². The highest BCUT2D eigenvalue weighted by atomic mass is 35.5. The first-order valence-corrected chi connectivity index (χ1v) is 12.7. The molecule has 32 heavy (non-hydrogen) atoms. The van der Waals surface area contributed by atoms with Crippen LogP contribution in [0.2, 0.25) is 10.0 Å². The number of benzene rings is 4. The van der Waals surface area contributed by atoms with E-state index in [1.165, 1.54) is 54.6 Å². The monoisotopic (exact) mass is 508 g/mol. The first-order chi connectivity index (χ1) is 15.0. The zero-order chi connectivity index (χ0) is 23.1. The molecule has 4 aromatic carbocycles. The molecule has 0 atom stereocenters. The summed E-state index contributed by atoms with van der Waals surface area (Å²) in [5, 5.41) is 1.62. The third kappa shape index (κ3) is 4.60. The Kier molecular flexibility index (Phi) is 5.91. The number of sulfone groups is 1. The predicted molar refractivity (Wildman–Crippen MR) is 122 cm³/mol. The molecule has 0 unspecified atom stereocenters. The minimum absolute atomic E-state index is 0.0188. The van der Waals surface area contributed by atoms with Crippen LogP contribution in [0, 0.1) is 0 Å². The van der Waals surface area contributed by atoms with Gasteiger partial charge in [-0.1, -0.05) is 35.3 Å². The lowest BCUT2D eigenvalue weighted by Crippen LogP contribution is -2.02. The van der Waals surface area contributed by atoms with Gasteiger partial charge in [-0.05, 0) is 77.5 Å². The molecule has 1 N–H and O–H groups in total. The molecule has 164 valence electrons. The molecule has 0 saturated carbocycles. The number of halogens is 2. The van der Waals surface area contributed by atoms with E-state index in [4.69, 9.17) is 27.9 Å². The highest BCUT2D eigenvalue weighted by Crippen LogP contribution is 2.32. The molecule has 0 aromatic heterocycles. The smallest absolute Gasteiger partial charge is 0.294 e. The lowest BCUT2D eigenvalue weighted by molar-refractivity contribution is 0.481. The number of ether oxygens (including phenoxy) is 1. The van der Waals surface area contributed by atoms with Crippen molar-refractivity contribution in [1.82, 2.24) is 0 Å². The number of hydrogen-bond acceptors (Lipinski definition) is 5. The van der Waals surface area contributed by atoms with Gasteiger partial charge in [0, 0.05) is 5.02 Å². The molecule has 0 aliphatic rings. The van der Waals surface area contributed by atoms with Crippen LogP contribution in [0.4, 0.5) is 0 Å². The fourth-order valence-electron chi connectivity index (χ4n) is 3.06. The molecular formula is C22H14Cl2O6S2. The van der Waals surface area contributed by atoms with Crippen molar-refractivity contribution >= 4 is 53.9 Å². The molecule has 0 heterocycles. The summed E-state index contributed by atoms with van der Waals surface area (Å²) < 4.78 is 63.5. The van der Waals surface area contributed by atoms with Gasteiger partial charge in [0.15, 0.2) is 0 Å². The molecule has 6 nitrogen and oxygen atoms in total. The molecule has 0 spiro atoms. The van der Waals surface area contributed by atoms with E-state index in [0.717, 1.165) is 5.39 Å². The van der Waals surface area contributed by atoms with Crippen molar-refractivity contribution in [2.24, 2.45) is 0 Å². The second-order valence-corrected chi connectivity index (χ2v) is 11.0. The topological polar surface area (TPSA) is 97.7 Å². The normalized spacial score (nSPS) is 12.1. The van der Waals surface area contributed by atoms with Crippen molar-refractivity contribution in [2.75, 3.05) is 0 Å².